The lowest BCUT2D eigenvalue weighted by Gasteiger charge is -2.21. The van der Waals surface area contributed by atoms with Gasteiger partial charge in [-0.15, -0.1) is 22.7 Å². The van der Waals surface area contributed by atoms with Crippen molar-refractivity contribution < 1.29 is 28.5 Å². The normalized spacial score (nSPS) is 17.7. The molecule has 10 heteroatoms. The van der Waals surface area contributed by atoms with E-state index in [1.165, 1.54) is 64.2 Å². The van der Waals surface area contributed by atoms with Gasteiger partial charge in [0.1, 0.15) is 0 Å². The highest BCUT2D eigenvalue weighted by Crippen LogP contribution is 2.28. The molecular formula is C42H58N2O6S2. The Morgan fingerprint density at radius 1 is 0.692 bits per heavy atom. The van der Waals surface area contributed by atoms with Crippen LogP contribution in [0.25, 0.3) is 0 Å². The molecule has 8 nitrogen and oxygen atoms in total. The fourth-order valence-electron chi connectivity index (χ4n) is 6.47. The van der Waals surface area contributed by atoms with Crippen molar-refractivity contribution in [1.82, 2.24) is 0 Å². The summed E-state index contributed by atoms with van der Waals surface area (Å²) in [5.41, 5.74) is 12.9. The van der Waals surface area contributed by atoms with Gasteiger partial charge in [-0.1, -0.05) is 76.1 Å². The minimum atomic E-state index is -0.595. The quantitative estimate of drug-likeness (QED) is 0.0675. The summed E-state index contributed by atoms with van der Waals surface area (Å²) in [6, 6.07) is 7.69. The summed E-state index contributed by atoms with van der Waals surface area (Å²) in [5, 5.41) is 0. The molecule has 4 atom stereocenters. The average molecular weight is 751 g/mol. The van der Waals surface area contributed by atoms with E-state index >= 15 is 0 Å². The van der Waals surface area contributed by atoms with Gasteiger partial charge >= 0.3 is 11.9 Å². The molecule has 0 aromatic carbocycles. The zero-order chi connectivity index (χ0) is 37.0. The van der Waals surface area contributed by atoms with Crippen LogP contribution in [-0.2, 0) is 28.5 Å². The number of rotatable bonds is 18. The lowest BCUT2D eigenvalue weighted by Crippen LogP contribution is -2.18. The molecule has 284 valence electrons. The van der Waals surface area contributed by atoms with Crippen LogP contribution in [0.3, 0.4) is 0 Å². The number of hydrogen-bond acceptors (Lipinski definition) is 10. The molecule has 4 N–H and O–H groups in total. The largest absolute Gasteiger partial charge is 0.462 e. The van der Waals surface area contributed by atoms with Gasteiger partial charge < -0.3 is 30.4 Å². The molecule has 2 saturated carbocycles. The molecule has 2 aromatic heterocycles. The maximum absolute atomic E-state index is 12.3. The molecule has 2 aliphatic carbocycles. The summed E-state index contributed by atoms with van der Waals surface area (Å²) in [5.74, 6) is 11.8. The predicted molar refractivity (Wildman–Crippen MR) is 210 cm³/mol. The summed E-state index contributed by atoms with van der Waals surface area (Å²) >= 11 is 3.19. The number of ether oxygens (including phenoxy) is 4. The molecule has 2 heterocycles. The first-order chi connectivity index (χ1) is 25.2. The lowest BCUT2D eigenvalue weighted by atomic mass is 9.98. The maximum Gasteiger partial charge on any atom is 0.331 e. The molecule has 0 spiro atoms. The summed E-state index contributed by atoms with van der Waals surface area (Å²) in [6.07, 6.45) is 18.2. The summed E-state index contributed by atoms with van der Waals surface area (Å²) in [6.45, 7) is 5.73. The van der Waals surface area contributed by atoms with E-state index in [1.807, 2.05) is 38.1 Å². The Hall–Kier alpha value is -2.96. The topological polar surface area (TPSA) is 123 Å². The van der Waals surface area contributed by atoms with Crippen LogP contribution in [0, 0.1) is 35.5 Å². The van der Waals surface area contributed by atoms with Gasteiger partial charge in [-0.3, -0.25) is 0 Å². The van der Waals surface area contributed by atoms with Gasteiger partial charge in [0.15, 0.2) is 0 Å². The molecule has 2 aromatic rings. The first-order valence-corrected chi connectivity index (χ1v) is 20.8. The number of esters is 2. The van der Waals surface area contributed by atoms with Crippen LogP contribution < -0.4 is 11.5 Å². The fraction of sp³-hybridized carbons (Fsp3) is 0.619. The summed E-state index contributed by atoms with van der Waals surface area (Å²) in [4.78, 5) is 28.6. The number of thiophene rings is 2. The average Bonchev–Trinajstić information content (AvgIpc) is 3.83. The zero-order valence-electron chi connectivity index (χ0n) is 31.1. The van der Waals surface area contributed by atoms with E-state index < -0.39 is 11.9 Å². The molecule has 2 unspecified atom stereocenters. The van der Waals surface area contributed by atoms with Gasteiger partial charge in [0.25, 0.3) is 0 Å². The van der Waals surface area contributed by atoms with Crippen molar-refractivity contribution in [2.24, 2.45) is 23.3 Å². The molecule has 4 rings (SSSR count). The van der Waals surface area contributed by atoms with Crippen LogP contribution in [0.4, 0.5) is 0 Å². The maximum atomic E-state index is 12.3. The van der Waals surface area contributed by atoms with Gasteiger partial charge in [-0.2, -0.15) is 0 Å². The van der Waals surface area contributed by atoms with E-state index in [2.05, 4.69) is 23.7 Å². The van der Waals surface area contributed by atoms with Crippen LogP contribution in [-0.4, -0.2) is 50.6 Å². The predicted octanol–water partition coefficient (Wildman–Crippen LogP) is 8.39. The highest BCUT2D eigenvalue weighted by atomic mass is 32.1. The molecular weight excluding hydrogens is 693 g/mol. The minimum absolute atomic E-state index is 0.0370. The Kier molecular flexibility index (Phi) is 19.0. The number of nitrogens with two attached hydrogens (primary N) is 2. The van der Waals surface area contributed by atoms with Gasteiger partial charge in [-0.25, -0.2) is 9.59 Å². The fourth-order valence-corrected chi connectivity index (χ4v) is 8.26. The van der Waals surface area contributed by atoms with Crippen molar-refractivity contribution in [3.05, 3.63) is 55.9 Å². The second-order valence-electron chi connectivity index (χ2n) is 14.3. The van der Waals surface area contributed by atoms with Crippen molar-refractivity contribution in [3.63, 3.8) is 0 Å². The Balaban J connectivity index is 1.05. The molecule has 2 fully saturated rings. The van der Waals surface area contributed by atoms with Crippen molar-refractivity contribution in [2.45, 2.75) is 128 Å². The van der Waals surface area contributed by atoms with Crippen LogP contribution in [0.1, 0.15) is 135 Å². The molecule has 0 saturated heterocycles. The highest BCUT2D eigenvalue weighted by molar-refractivity contribution is 7.12. The second kappa shape index (κ2) is 23.7. The van der Waals surface area contributed by atoms with Crippen molar-refractivity contribution in [3.8, 4) is 23.7 Å². The first-order valence-electron chi connectivity index (χ1n) is 19.2. The molecule has 2 aliphatic rings. The van der Waals surface area contributed by atoms with E-state index in [1.54, 1.807) is 22.7 Å². The van der Waals surface area contributed by atoms with Crippen LogP contribution in [0.15, 0.2) is 36.4 Å². The van der Waals surface area contributed by atoms with E-state index in [4.69, 9.17) is 30.4 Å². The van der Waals surface area contributed by atoms with Gasteiger partial charge in [0, 0.05) is 46.8 Å². The first kappa shape index (κ1) is 41.8. The lowest BCUT2D eigenvalue weighted by molar-refractivity contribution is -0.141. The Morgan fingerprint density at radius 3 is 1.50 bits per heavy atom. The van der Waals surface area contributed by atoms with Crippen molar-refractivity contribution in [1.29, 1.82) is 0 Å². The van der Waals surface area contributed by atoms with Crippen LogP contribution >= 0.6 is 22.7 Å². The van der Waals surface area contributed by atoms with Gasteiger partial charge in [-0.05, 0) is 74.6 Å². The molecule has 0 aliphatic heterocycles. The molecule has 0 amide bonds. The summed E-state index contributed by atoms with van der Waals surface area (Å²) in [7, 11) is 0. The van der Waals surface area contributed by atoms with Crippen molar-refractivity contribution >= 4 is 34.6 Å². The number of carbonyl (C=O) groups is 2. The van der Waals surface area contributed by atoms with Crippen LogP contribution in [0.5, 0.6) is 0 Å². The smallest absolute Gasteiger partial charge is 0.331 e. The van der Waals surface area contributed by atoms with E-state index in [0.29, 0.717) is 38.3 Å². The van der Waals surface area contributed by atoms with Gasteiger partial charge in [0.05, 0.1) is 48.4 Å². The second-order valence-corrected chi connectivity index (χ2v) is 16.5. The number of carbonyl (C=O) groups excluding carboxylic acids is 2. The summed E-state index contributed by atoms with van der Waals surface area (Å²) < 4.78 is 22.6. The van der Waals surface area contributed by atoms with E-state index in [9.17, 15) is 9.59 Å². The SMILES string of the molecule is C[C@@H](COC(=O)/C=C\C(=O)OC[C@H](C)CC(N)c1ccc(C#CCCOC2CCCCC2)s1)CC(N)c1ccc(C#CCCOC2CCCCC2)s1. The Morgan fingerprint density at radius 2 is 1.10 bits per heavy atom. The van der Waals surface area contributed by atoms with E-state index in [0.717, 1.165) is 44.5 Å². The Labute approximate surface area is 319 Å². The van der Waals surface area contributed by atoms with Crippen molar-refractivity contribution in [2.75, 3.05) is 26.4 Å². The molecule has 0 bridgehead atoms. The minimum Gasteiger partial charge on any atom is -0.462 e. The third kappa shape index (κ3) is 16.4. The highest BCUT2D eigenvalue weighted by Gasteiger charge is 2.17. The van der Waals surface area contributed by atoms with E-state index in [-0.39, 0.29) is 37.1 Å². The zero-order valence-corrected chi connectivity index (χ0v) is 32.7. The van der Waals surface area contributed by atoms with Gasteiger partial charge in [0.2, 0.25) is 0 Å². The third-order valence-corrected chi connectivity index (χ3v) is 11.6. The van der Waals surface area contributed by atoms with Crippen LogP contribution in [0.2, 0.25) is 0 Å². The number of hydrogen-bond donors (Lipinski definition) is 2. The molecule has 52 heavy (non-hydrogen) atoms. The monoisotopic (exact) mass is 750 g/mol. The standard InChI is InChI=1S/C42H58N2O6S2/c1-31(27-37(43)39-21-19-35(51-39)17-9-11-25-47-33-13-5-3-6-14-33)29-49-41(45)23-24-42(46)50-30-32(2)28-38(44)40-22-20-36(52-40)18-10-12-26-48-34-15-7-4-8-16-34/h19-24,31-34,37-38H,3-8,11-16,25-30,43-44H2,1-2H3/b24-23-/t31-,32-,37?,38?/m1/s1. The molecule has 0 radical (unpaired) electrons. The Bertz CT molecular complexity index is 1400. The third-order valence-electron chi connectivity index (χ3n) is 9.36.